The summed E-state index contributed by atoms with van der Waals surface area (Å²) in [4.78, 5) is 0. The van der Waals surface area contributed by atoms with Crippen LogP contribution < -0.4 is 0 Å². The lowest BCUT2D eigenvalue weighted by Crippen LogP contribution is -2.42. The molecule has 0 unspecified atom stereocenters. The molecule has 4 heteroatoms. The van der Waals surface area contributed by atoms with Gasteiger partial charge in [-0.2, -0.15) is 0 Å². The van der Waals surface area contributed by atoms with E-state index in [-0.39, 0.29) is 0 Å². The molecular formula is C24H28N2O2+2. The molecule has 0 aromatic rings. The van der Waals surface area contributed by atoms with Gasteiger partial charge in [-0.1, -0.05) is 0 Å². The number of aliphatic hydroxyl groups is 2. The van der Waals surface area contributed by atoms with Gasteiger partial charge in [-0.05, 0) is 35.5 Å². The van der Waals surface area contributed by atoms with Crippen LogP contribution in [0.25, 0.3) is 0 Å². The smallest absolute Gasteiger partial charge is 0.199 e. The Bertz CT molecular complexity index is 811. The highest BCUT2D eigenvalue weighted by atomic mass is 16.3. The second-order valence-electron chi connectivity index (χ2n) is 8.20. The van der Waals surface area contributed by atoms with E-state index in [4.69, 9.17) is 0 Å². The minimum absolute atomic E-state index is 0.703. The van der Waals surface area contributed by atoms with Gasteiger partial charge in [0.1, 0.15) is 38.4 Å². The van der Waals surface area contributed by atoms with E-state index >= 15 is 0 Å². The largest absolute Gasteiger partial charge is 0.384 e. The fraction of sp³-hybridized carbons (Fsp3) is 0.417. The van der Waals surface area contributed by atoms with Crippen LogP contribution in [0.3, 0.4) is 0 Å². The van der Waals surface area contributed by atoms with Gasteiger partial charge in [0.25, 0.3) is 0 Å². The van der Waals surface area contributed by atoms with Gasteiger partial charge in [-0.3, -0.25) is 0 Å². The van der Waals surface area contributed by atoms with Gasteiger partial charge in [-0.15, -0.1) is 0 Å². The highest BCUT2D eigenvalue weighted by Gasteiger charge is 2.41. The Morgan fingerprint density at radius 3 is 1.18 bits per heavy atom. The Labute approximate surface area is 166 Å². The molecule has 2 saturated heterocycles. The summed E-state index contributed by atoms with van der Waals surface area (Å²) in [6, 6.07) is 0. The summed E-state index contributed by atoms with van der Waals surface area (Å²) < 4.78 is 4.78. The molecule has 0 bridgehead atoms. The quantitative estimate of drug-likeness (QED) is 0.636. The minimum atomic E-state index is -0.703. The number of allylic oxidation sites excluding steroid dienone is 10. The molecule has 2 heterocycles. The molecule has 2 aliphatic heterocycles. The van der Waals surface area contributed by atoms with Crippen LogP contribution in [0.1, 0.15) is 25.7 Å². The third-order valence-electron chi connectivity index (χ3n) is 6.52. The lowest BCUT2D eigenvalue weighted by molar-refractivity contribution is -0.504. The fourth-order valence-electron chi connectivity index (χ4n) is 4.85. The van der Waals surface area contributed by atoms with Crippen LogP contribution in [0.4, 0.5) is 0 Å². The van der Waals surface area contributed by atoms with Gasteiger partial charge < -0.3 is 10.2 Å². The number of rotatable bonds is 0. The Hall–Kier alpha value is -2.30. The molecular weight excluding hydrogens is 348 g/mol. The molecule has 144 valence electrons. The van der Waals surface area contributed by atoms with Gasteiger partial charge in [0.2, 0.25) is 0 Å². The summed E-state index contributed by atoms with van der Waals surface area (Å²) >= 11 is 0. The predicted octanol–water partition coefficient (Wildman–Crippen LogP) is 2.06. The van der Waals surface area contributed by atoms with Gasteiger partial charge in [0, 0.05) is 61.1 Å². The Kier molecular flexibility index (Phi) is 4.61. The molecule has 0 atom stereocenters. The van der Waals surface area contributed by atoms with Crippen molar-refractivity contribution in [2.24, 2.45) is 0 Å². The molecule has 0 aromatic heterocycles. The first-order valence-electron chi connectivity index (χ1n) is 10.5. The van der Waals surface area contributed by atoms with Crippen molar-refractivity contribution in [1.82, 2.24) is 0 Å². The Balaban J connectivity index is 1.38. The number of aliphatic hydroxyl groups excluding tert-OH is 2. The molecule has 5 rings (SSSR count). The second-order valence-corrected chi connectivity index (χ2v) is 8.20. The maximum atomic E-state index is 10.8. The molecule has 3 fully saturated rings. The van der Waals surface area contributed by atoms with E-state index in [0.717, 1.165) is 37.3 Å². The third kappa shape index (κ3) is 3.01. The van der Waals surface area contributed by atoms with E-state index in [9.17, 15) is 10.2 Å². The van der Waals surface area contributed by atoms with E-state index in [1.807, 2.05) is 24.3 Å². The van der Waals surface area contributed by atoms with Crippen molar-refractivity contribution in [2.45, 2.75) is 37.9 Å². The summed E-state index contributed by atoms with van der Waals surface area (Å²) in [7, 11) is 0. The molecule has 2 N–H and O–H groups in total. The lowest BCUT2D eigenvalue weighted by atomic mass is 9.73. The molecule has 4 nitrogen and oxygen atoms in total. The molecule has 3 aliphatic carbocycles. The SMILES string of the molecule is OC1C(=C2C=CC(=[N+]3CCCC3)C=C2)C(O)C1=C1C=CC(=[N+]2CCCC2)C=C1. The molecule has 0 aromatic carbocycles. The van der Waals surface area contributed by atoms with Crippen molar-refractivity contribution >= 4 is 11.4 Å². The first-order chi connectivity index (χ1) is 13.7. The summed E-state index contributed by atoms with van der Waals surface area (Å²) in [5.41, 5.74) is 5.75. The first kappa shape index (κ1) is 17.8. The zero-order valence-electron chi connectivity index (χ0n) is 16.2. The van der Waals surface area contributed by atoms with Crippen LogP contribution in [0.5, 0.6) is 0 Å². The molecule has 5 aliphatic rings. The van der Waals surface area contributed by atoms with Gasteiger partial charge in [0.05, 0.1) is 0 Å². The van der Waals surface area contributed by atoms with Crippen LogP contribution in [0.15, 0.2) is 70.9 Å². The van der Waals surface area contributed by atoms with E-state index < -0.39 is 12.2 Å². The minimum Gasteiger partial charge on any atom is -0.384 e. The van der Waals surface area contributed by atoms with Crippen LogP contribution in [0, 0.1) is 0 Å². The molecule has 28 heavy (non-hydrogen) atoms. The van der Waals surface area contributed by atoms with Crippen LogP contribution in [-0.2, 0) is 0 Å². The zero-order valence-corrected chi connectivity index (χ0v) is 16.2. The van der Waals surface area contributed by atoms with E-state index in [1.165, 1.54) is 37.1 Å². The normalized spacial score (nSPS) is 29.6. The van der Waals surface area contributed by atoms with Crippen molar-refractivity contribution < 1.29 is 19.4 Å². The predicted molar refractivity (Wildman–Crippen MR) is 111 cm³/mol. The third-order valence-corrected chi connectivity index (χ3v) is 6.52. The van der Waals surface area contributed by atoms with Crippen molar-refractivity contribution in [3.8, 4) is 0 Å². The van der Waals surface area contributed by atoms with Gasteiger partial charge >= 0.3 is 0 Å². The Morgan fingerprint density at radius 2 is 0.857 bits per heavy atom. The van der Waals surface area contributed by atoms with Crippen molar-refractivity contribution in [1.29, 1.82) is 0 Å². The van der Waals surface area contributed by atoms with Crippen molar-refractivity contribution in [2.75, 3.05) is 26.2 Å². The van der Waals surface area contributed by atoms with E-state index in [0.29, 0.717) is 11.1 Å². The van der Waals surface area contributed by atoms with Crippen molar-refractivity contribution in [3.63, 3.8) is 0 Å². The topological polar surface area (TPSA) is 46.5 Å². The average molecular weight is 377 g/mol. The van der Waals surface area contributed by atoms with Gasteiger partial charge in [-0.25, -0.2) is 9.15 Å². The summed E-state index contributed by atoms with van der Waals surface area (Å²) in [6.45, 7) is 4.47. The number of hydrogen-bond donors (Lipinski definition) is 2. The maximum Gasteiger partial charge on any atom is 0.199 e. The highest BCUT2D eigenvalue weighted by Crippen LogP contribution is 2.40. The van der Waals surface area contributed by atoms with Gasteiger partial charge in [0.15, 0.2) is 11.4 Å². The molecule has 0 spiro atoms. The number of nitrogens with zero attached hydrogens (tertiary/aromatic N) is 2. The average Bonchev–Trinajstić information content (AvgIpc) is 3.44. The van der Waals surface area contributed by atoms with Crippen LogP contribution in [-0.4, -0.2) is 69.2 Å². The fourth-order valence-corrected chi connectivity index (χ4v) is 4.85. The zero-order chi connectivity index (χ0) is 19.1. The van der Waals surface area contributed by atoms with E-state index in [1.54, 1.807) is 0 Å². The summed E-state index contributed by atoms with van der Waals surface area (Å²) in [5.74, 6) is 0. The highest BCUT2D eigenvalue weighted by molar-refractivity contribution is 6.03. The lowest BCUT2D eigenvalue weighted by Gasteiger charge is -2.38. The van der Waals surface area contributed by atoms with Crippen molar-refractivity contribution in [3.05, 3.63) is 70.9 Å². The number of hydrogen-bond acceptors (Lipinski definition) is 2. The van der Waals surface area contributed by atoms with E-state index in [2.05, 4.69) is 33.5 Å². The first-order valence-corrected chi connectivity index (χ1v) is 10.5. The van der Waals surface area contributed by atoms with Crippen LogP contribution in [0.2, 0.25) is 0 Å². The molecule has 1 saturated carbocycles. The molecule has 0 amide bonds. The summed E-state index contributed by atoms with van der Waals surface area (Å²) in [5, 5.41) is 21.5. The standard InChI is InChI=1S/C24H28N2O2/c27-23-21(17-5-9-19(10-6-17)25-13-1-2-14-25)24(28)22(23)18-7-11-20(12-8-18)26-15-3-4-16-26/h5-12,23-24,27-28H,1-4,13-16H2/q+2. The second kappa shape index (κ2) is 7.26. The monoisotopic (exact) mass is 376 g/mol. The summed E-state index contributed by atoms with van der Waals surface area (Å²) in [6.07, 6.45) is 20.2. The van der Waals surface area contributed by atoms with Crippen LogP contribution >= 0.6 is 0 Å². The maximum absolute atomic E-state index is 10.8. The molecule has 0 radical (unpaired) electrons. The Morgan fingerprint density at radius 1 is 0.536 bits per heavy atom.